The SMILES string of the molecule is Nc1nc(Cl)c2ncn(C[C@@H]3[C@H](COCc4ccccc4)C3(F)F)c2n1. The minimum atomic E-state index is -2.78. The average Bonchev–Trinajstić information content (AvgIpc) is 2.91. The van der Waals surface area contributed by atoms with Crippen LogP contribution in [0, 0.1) is 11.8 Å². The Hall–Kier alpha value is -2.32. The van der Waals surface area contributed by atoms with Crippen LogP contribution in [0.3, 0.4) is 0 Å². The van der Waals surface area contributed by atoms with Crippen molar-refractivity contribution in [3.8, 4) is 0 Å². The smallest absolute Gasteiger partial charge is 0.258 e. The molecule has 0 radical (unpaired) electrons. The summed E-state index contributed by atoms with van der Waals surface area (Å²) in [5.41, 5.74) is 7.24. The highest BCUT2D eigenvalue weighted by Gasteiger charge is 2.68. The summed E-state index contributed by atoms with van der Waals surface area (Å²) in [7, 11) is 0. The zero-order valence-electron chi connectivity index (χ0n) is 13.6. The summed E-state index contributed by atoms with van der Waals surface area (Å²) in [4.78, 5) is 12.0. The molecule has 1 fully saturated rings. The Morgan fingerprint density at radius 1 is 1.19 bits per heavy atom. The number of nitrogen functional groups attached to an aromatic ring is 1. The zero-order chi connectivity index (χ0) is 18.3. The van der Waals surface area contributed by atoms with Crippen molar-refractivity contribution < 1.29 is 13.5 Å². The maximum absolute atomic E-state index is 14.1. The number of fused-ring (bicyclic) bond motifs is 1. The molecule has 1 aromatic carbocycles. The minimum Gasteiger partial charge on any atom is -0.376 e. The maximum Gasteiger partial charge on any atom is 0.258 e. The van der Waals surface area contributed by atoms with E-state index >= 15 is 0 Å². The minimum absolute atomic E-state index is 0.00291. The molecule has 0 bridgehead atoms. The number of ether oxygens (including phenoxy) is 1. The van der Waals surface area contributed by atoms with E-state index in [1.807, 2.05) is 30.3 Å². The number of alkyl halides is 2. The van der Waals surface area contributed by atoms with Crippen LogP contribution < -0.4 is 5.73 Å². The molecule has 0 spiro atoms. The summed E-state index contributed by atoms with van der Waals surface area (Å²) in [6.07, 6.45) is 1.43. The van der Waals surface area contributed by atoms with Crippen LogP contribution in [0.15, 0.2) is 36.7 Å². The van der Waals surface area contributed by atoms with Crippen LogP contribution in [-0.2, 0) is 17.9 Å². The number of nitrogens with two attached hydrogens (primary N) is 1. The fourth-order valence-corrected chi connectivity index (χ4v) is 3.31. The van der Waals surface area contributed by atoms with E-state index in [1.165, 1.54) is 10.9 Å². The van der Waals surface area contributed by atoms with Crippen molar-refractivity contribution in [1.29, 1.82) is 0 Å². The lowest BCUT2D eigenvalue weighted by molar-refractivity contribution is 0.0455. The molecule has 0 unspecified atom stereocenters. The molecular formula is C17H16ClF2N5O. The summed E-state index contributed by atoms with van der Waals surface area (Å²) in [5.74, 6) is -4.48. The van der Waals surface area contributed by atoms with Gasteiger partial charge in [0, 0.05) is 6.54 Å². The lowest BCUT2D eigenvalue weighted by Crippen LogP contribution is -2.06. The summed E-state index contributed by atoms with van der Waals surface area (Å²) >= 11 is 5.96. The van der Waals surface area contributed by atoms with E-state index in [-0.39, 0.29) is 24.3 Å². The van der Waals surface area contributed by atoms with Gasteiger partial charge in [0.05, 0.1) is 31.4 Å². The van der Waals surface area contributed by atoms with E-state index in [1.54, 1.807) is 0 Å². The summed E-state index contributed by atoms with van der Waals surface area (Å²) < 4.78 is 35.3. The first-order chi connectivity index (χ1) is 12.5. The van der Waals surface area contributed by atoms with Crippen molar-refractivity contribution in [3.63, 3.8) is 0 Å². The maximum atomic E-state index is 14.1. The number of rotatable bonds is 6. The van der Waals surface area contributed by atoms with Gasteiger partial charge in [0.2, 0.25) is 5.95 Å². The van der Waals surface area contributed by atoms with E-state index in [4.69, 9.17) is 22.1 Å². The highest BCUT2D eigenvalue weighted by atomic mass is 35.5. The van der Waals surface area contributed by atoms with E-state index in [0.29, 0.717) is 17.8 Å². The summed E-state index contributed by atoms with van der Waals surface area (Å²) in [5, 5.41) is 0.108. The highest BCUT2D eigenvalue weighted by molar-refractivity contribution is 6.33. The number of hydrogen-bond donors (Lipinski definition) is 1. The monoisotopic (exact) mass is 379 g/mol. The molecule has 1 aliphatic rings. The molecule has 0 aliphatic heterocycles. The molecule has 2 N–H and O–H groups in total. The predicted octanol–water partition coefficient (Wildman–Crippen LogP) is 3.16. The molecule has 0 amide bonds. The van der Waals surface area contributed by atoms with Gasteiger partial charge in [-0.25, -0.2) is 13.8 Å². The van der Waals surface area contributed by atoms with Crippen molar-refractivity contribution in [2.75, 3.05) is 12.3 Å². The van der Waals surface area contributed by atoms with Crippen LogP contribution in [-0.4, -0.2) is 32.0 Å². The molecule has 2 heterocycles. The number of benzene rings is 1. The molecule has 1 saturated carbocycles. The molecule has 2 aromatic heterocycles. The largest absolute Gasteiger partial charge is 0.376 e. The number of hydrogen-bond acceptors (Lipinski definition) is 5. The Morgan fingerprint density at radius 2 is 1.96 bits per heavy atom. The van der Waals surface area contributed by atoms with Gasteiger partial charge >= 0.3 is 0 Å². The first-order valence-corrected chi connectivity index (χ1v) is 8.48. The van der Waals surface area contributed by atoms with Crippen molar-refractivity contribution in [1.82, 2.24) is 19.5 Å². The zero-order valence-corrected chi connectivity index (χ0v) is 14.4. The normalized spacial score (nSPS) is 21.2. The van der Waals surface area contributed by atoms with Gasteiger partial charge in [-0.15, -0.1) is 0 Å². The van der Waals surface area contributed by atoms with Gasteiger partial charge in [0.1, 0.15) is 5.52 Å². The van der Waals surface area contributed by atoms with E-state index < -0.39 is 17.8 Å². The number of nitrogens with zero attached hydrogens (tertiary/aromatic N) is 4. The molecule has 4 rings (SSSR count). The Morgan fingerprint density at radius 3 is 2.73 bits per heavy atom. The second kappa shape index (κ2) is 6.44. The third kappa shape index (κ3) is 3.10. The fourth-order valence-electron chi connectivity index (χ4n) is 3.09. The molecule has 26 heavy (non-hydrogen) atoms. The van der Waals surface area contributed by atoms with Gasteiger partial charge in [-0.05, 0) is 5.56 Å². The van der Waals surface area contributed by atoms with Gasteiger partial charge in [-0.1, -0.05) is 41.9 Å². The number of imidazole rings is 1. The highest BCUT2D eigenvalue weighted by Crippen LogP contribution is 2.56. The molecule has 0 saturated heterocycles. The Kier molecular flexibility index (Phi) is 4.24. The van der Waals surface area contributed by atoms with Crippen molar-refractivity contribution in [3.05, 3.63) is 47.4 Å². The molecule has 2 atom stereocenters. The lowest BCUT2D eigenvalue weighted by Gasteiger charge is -2.04. The second-order valence-electron chi connectivity index (χ2n) is 6.33. The standard InChI is InChI=1S/C17H16ClF2N5O/c18-14-13-15(24-16(21)23-14)25(9-22-13)6-11-12(17(11,19)20)8-26-7-10-4-2-1-3-5-10/h1-5,9,11-12H,6-8H2,(H2,21,23,24)/t11-,12+/m1/s1. The molecule has 136 valence electrons. The first-order valence-electron chi connectivity index (χ1n) is 8.10. The van der Waals surface area contributed by atoms with Gasteiger partial charge in [-0.3, -0.25) is 0 Å². The number of aromatic nitrogens is 4. The molecular weight excluding hydrogens is 364 g/mol. The Labute approximate surface area is 153 Å². The van der Waals surface area contributed by atoms with Crippen LogP contribution in [0.1, 0.15) is 5.56 Å². The third-order valence-electron chi connectivity index (χ3n) is 4.61. The topological polar surface area (TPSA) is 78.8 Å². The van der Waals surface area contributed by atoms with Crippen molar-refractivity contribution in [2.24, 2.45) is 11.8 Å². The summed E-state index contributed by atoms with van der Waals surface area (Å²) in [6, 6.07) is 9.46. The second-order valence-corrected chi connectivity index (χ2v) is 6.69. The quantitative estimate of drug-likeness (QED) is 0.665. The predicted molar refractivity (Wildman–Crippen MR) is 92.8 cm³/mol. The molecule has 6 nitrogen and oxygen atoms in total. The number of anilines is 1. The number of halogens is 3. The lowest BCUT2D eigenvalue weighted by atomic mass is 10.2. The van der Waals surface area contributed by atoms with E-state index in [2.05, 4.69) is 15.0 Å². The van der Waals surface area contributed by atoms with Crippen molar-refractivity contribution in [2.45, 2.75) is 19.1 Å². The van der Waals surface area contributed by atoms with Crippen LogP contribution >= 0.6 is 11.6 Å². The van der Waals surface area contributed by atoms with Crippen LogP contribution in [0.4, 0.5) is 14.7 Å². The van der Waals surface area contributed by atoms with E-state index in [0.717, 1.165) is 5.56 Å². The molecule has 1 aliphatic carbocycles. The van der Waals surface area contributed by atoms with E-state index in [9.17, 15) is 8.78 Å². The average molecular weight is 380 g/mol. The first kappa shape index (κ1) is 17.1. The van der Waals surface area contributed by atoms with Crippen molar-refractivity contribution >= 4 is 28.7 Å². The van der Waals surface area contributed by atoms with Gasteiger partial charge in [0.15, 0.2) is 10.8 Å². The van der Waals surface area contributed by atoms with Gasteiger partial charge in [-0.2, -0.15) is 9.97 Å². The van der Waals surface area contributed by atoms with Gasteiger partial charge < -0.3 is 15.0 Å². The molecule has 9 heteroatoms. The Bertz CT molecular complexity index is 934. The summed E-state index contributed by atoms with van der Waals surface area (Å²) in [6.45, 7) is 0.375. The van der Waals surface area contributed by atoms with Crippen LogP contribution in [0.5, 0.6) is 0 Å². The van der Waals surface area contributed by atoms with Crippen LogP contribution in [0.2, 0.25) is 5.15 Å². The third-order valence-corrected chi connectivity index (χ3v) is 4.87. The Balaban J connectivity index is 1.42. The van der Waals surface area contributed by atoms with Crippen LogP contribution in [0.25, 0.3) is 11.2 Å². The molecule has 3 aromatic rings. The van der Waals surface area contributed by atoms with Gasteiger partial charge in [0.25, 0.3) is 5.92 Å². The fraction of sp³-hybridized carbons (Fsp3) is 0.353.